The van der Waals surface area contributed by atoms with Crippen molar-refractivity contribution in [3.63, 3.8) is 0 Å². The number of hydrogen-bond acceptors (Lipinski definition) is 4. The third-order valence-electron chi connectivity index (χ3n) is 2.28. The predicted octanol–water partition coefficient (Wildman–Crippen LogP) is 1.65. The molecule has 0 aliphatic heterocycles. The molecule has 1 atom stereocenters. The fourth-order valence-corrected chi connectivity index (χ4v) is 1.09. The molecule has 5 nitrogen and oxygen atoms in total. The highest BCUT2D eigenvalue weighted by atomic mass is 16.5. The van der Waals surface area contributed by atoms with Gasteiger partial charge < -0.3 is 15.6 Å². The quantitative estimate of drug-likeness (QED) is 0.819. The number of anilines is 1. The number of carbonyl (C=O) groups excluding carboxylic acids is 1. The standard InChI is InChI=1S/C11H19N3O2/c1-5-7(12)10(15)13-9-6-8(16-14-9)11(2,3)4/h6-7H,5,12H2,1-4H3,(H,13,14,15)/t7-/m1/s1. The van der Waals surface area contributed by atoms with Crippen LogP contribution in [0.1, 0.15) is 39.9 Å². The van der Waals surface area contributed by atoms with Gasteiger partial charge in [0.25, 0.3) is 0 Å². The molecule has 0 bridgehead atoms. The molecular weight excluding hydrogens is 206 g/mol. The molecule has 1 amide bonds. The minimum Gasteiger partial charge on any atom is -0.359 e. The minimum absolute atomic E-state index is 0.122. The molecular formula is C11H19N3O2. The van der Waals surface area contributed by atoms with E-state index in [0.29, 0.717) is 12.2 Å². The molecule has 0 fully saturated rings. The Labute approximate surface area is 95.4 Å². The Morgan fingerprint density at radius 1 is 1.62 bits per heavy atom. The van der Waals surface area contributed by atoms with Gasteiger partial charge in [0, 0.05) is 11.5 Å². The summed E-state index contributed by atoms with van der Waals surface area (Å²) in [6.45, 7) is 7.89. The van der Waals surface area contributed by atoms with E-state index in [-0.39, 0.29) is 11.3 Å². The van der Waals surface area contributed by atoms with Gasteiger partial charge in [0.05, 0.1) is 6.04 Å². The lowest BCUT2D eigenvalue weighted by atomic mass is 9.93. The van der Waals surface area contributed by atoms with Crippen LogP contribution in [0.5, 0.6) is 0 Å². The van der Waals surface area contributed by atoms with Gasteiger partial charge in [0.2, 0.25) is 5.91 Å². The first-order chi connectivity index (χ1) is 7.34. The molecule has 3 N–H and O–H groups in total. The van der Waals surface area contributed by atoms with E-state index in [1.807, 2.05) is 27.7 Å². The summed E-state index contributed by atoms with van der Waals surface area (Å²) in [6, 6.07) is 1.22. The fourth-order valence-electron chi connectivity index (χ4n) is 1.09. The summed E-state index contributed by atoms with van der Waals surface area (Å²) < 4.78 is 5.14. The normalized spacial score (nSPS) is 13.6. The van der Waals surface area contributed by atoms with E-state index in [1.54, 1.807) is 6.07 Å². The summed E-state index contributed by atoms with van der Waals surface area (Å²) in [5, 5.41) is 6.39. The van der Waals surface area contributed by atoms with E-state index >= 15 is 0 Å². The number of carbonyl (C=O) groups is 1. The maximum Gasteiger partial charge on any atom is 0.242 e. The van der Waals surface area contributed by atoms with Crippen molar-refractivity contribution in [3.8, 4) is 0 Å². The minimum atomic E-state index is -0.505. The molecule has 0 saturated carbocycles. The molecule has 0 aliphatic rings. The molecule has 1 aromatic rings. The number of amides is 1. The van der Waals surface area contributed by atoms with Crippen LogP contribution in [-0.2, 0) is 10.2 Å². The highest BCUT2D eigenvalue weighted by Gasteiger charge is 2.21. The van der Waals surface area contributed by atoms with Crippen molar-refractivity contribution < 1.29 is 9.32 Å². The van der Waals surface area contributed by atoms with E-state index in [0.717, 1.165) is 5.76 Å². The smallest absolute Gasteiger partial charge is 0.242 e. The highest BCUT2D eigenvalue weighted by molar-refractivity contribution is 5.93. The first-order valence-corrected chi connectivity index (χ1v) is 5.38. The molecule has 0 spiro atoms. The molecule has 5 heteroatoms. The van der Waals surface area contributed by atoms with Gasteiger partial charge in [-0.25, -0.2) is 0 Å². The molecule has 1 heterocycles. The lowest BCUT2D eigenvalue weighted by Gasteiger charge is -2.12. The average molecular weight is 225 g/mol. The predicted molar refractivity (Wildman–Crippen MR) is 62.1 cm³/mol. The van der Waals surface area contributed by atoms with E-state index in [2.05, 4.69) is 10.5 Å². The van der Waals surface area contributed by atoms with E-state index in [9.17, 15) is 4.79 Å². The summed E-state index contributed by atoms with van der Waals surface area (Å²) in [4.78, 5) is 11.5. The summed E-state index contributed by atoms with van der Waals surface area (Å²) in [7, 11) is 0. The van der Waals surface area contributed by atoms with Crippen LogP contribution in [0.15, 0.2) is 10.6 Å². The number of rotatable bonds is 3. The molecule has 0 radical (unpaired) electrons. The highest BCUT2D eigenvalue weighted by Crippen LogP contribution is 2.24. The van der Waals surface area contributed by atoms with Gasteiger partial charge in [0.15, 0.2) is 5.82 Å². The van der Waals surface area contributed by atoms with Crippen molar-refractivity contribution in [2.24, 2.45) is 5.73 Å². The molecule has 0 aliphatic carbocycles. The van der Waals surface area contributed by atoms with Crippen molar-refractivity contribution in [2.75, 3.05) is 5.32 Å². The summed E-state index contributed by atoms with van der Waals surface area (Å²) >= 11 is 0. The van der Waals surface area contributed by atoms with Crippen LogP contribution in [0.4, 0.5) is 5.82 Å². The molecule has 0 unspecified atom stereocenters. The number of nitrogens with two attached hydrogens (primary N) is 1. The second-order valence-electron chi connectivity index (χ2n) is 4.83. The third kappa shape index (κ3) is 3.06. The van der Waals surface area contributed by atoms with Gasteiger partial charge >= 0.3 is 0 Å². The summed E-state index contributed by atoms with van der Waals surface area (Å²) in [5.41, 5.74) is 5.46. The van der Waals surface area contributed by atoms with Crippen LogP contribution in [0, 0.1) is 0 Å². The number of nitrogens with zero attached hydrogens (tertiary/aromatic N) is 1. The Balaban J connectivity index is 2.70. The van der Waals surface area contributed by atoms with Crippen LogP contribution in [0.2, 0.25) is 0 Å². The Morgan fingerprint density at radius 2 is 2.25 bits per heavy atom. The molecule has 0 saturated heterocycles. The second kappa shape index (κ2) is 4.65. The second-order valence-corrected chi connectivity index (χ2v) is 4.83. The van der Waals surface area contributed by atoms with Gasteiger partial charge in [-0.3, -0.25) is 4.79 Å². The van der Waals surface area contributed by atoms with Crippen LogP contribution in [0.25, 0.3) is 0 Å². The Morgan fingerprint density at radius 3 is 2.69 bits per heavy atom. The lowest BCUT2D eigenvalue weighted by Crippen LogP contribution is -2.34. The SMILES string of the molecule is CC[C@@H](N)C(=O)Nc1cc(C(C)(C)C)on1. The van der Waals surface area contributed by atoms with Crippen LogP contribution in [-0.4, -0.2) is 17.1 Å². The zero-order valence-electron chi connectivity index (χ0n) is 10.2. The van der Waals surface area contributed by atoms with Gasteiger partial charge in [0.1, 0.15) is 5.76 Å². The van der Waals surface area contributed by atoms with Crippen molar-refractivity contribution in [1.29, 1.82) is 0 Å². The molecule has 90 valence electrons. The van der Waals surface area contributed by atoms with Crippen molar-refractivity contribution in [2.45, 2.75) is 45.6 Å². The van der Waals surface area contributed by atoms with Crippen molar-refractivity contribution >= 4 is 11.7 Å². The fraction of sp³-hybridized carbons (Fsp3) is 0.636. The molecule has 1 aromatic heterocycles. The molecule has 16 heavy (non-hydrogen) atoms. The Hall–Kier alpha value is -1.36. The summed E-state index contributed by atoms with van der Waals surface area (Å²) in [5.74, 6) is 0.906. The van der Waals surface area contributed by atoms with E-state index in [4.69, 9.17) is 10.3 Å². The van der Waals surface area contributed by atoms with Crippen molar-refractivity contribution in [1.82, 2.24) is 5.16 Å². The zero-order valence-corrected chi connectivity index (χ0v) is 10.2. The Bertz CT molecular complexity index is 366. The van der Waals surface area contributed by atoms with E-state index in [1.165, 1.54) is 0 Å². The maximum atomic E-state index is 11.5. The van der Waals surface area contributed by atoms with E-state index < -0.39 is 6.04 Å². The third-order valence-corrected chi connectivity index (χ3v) is 2.28. The van der Waals surface area contributed by atoms with Crippen LogP contribution in [0.3, 0.4) is 0 Å². The van der Waals surface area contributed by atoms with Gasteiger partial charge in [-0.05, 0) is 6.42 Å². The monoisotopic (exact) mass is 225 g/mol. The maximum absolute atomic E-state index is 11.5. The largest absolute Gasteiger partial charge is 0.359 e. The number of hydrogen-bond donors (Lipinski definition) is 2. The molecule has 0 aromatic carbocycles. The first-order valence-electron chi connectivity index (χ1n) is 5.38. The number of nitrogens with one attached hydrogen (secondary N) is 1. The average Bonchev–Trinajstić information content (AvgIpc) is 2.64. The lowest BCUT2D eigenvalue weighted by molar-refractivity contribution is -0.117. The molecule has 1 rings (SSSR count). The first kappa shape index (κ1) is 12.7. The van der Waals surface area contributed by atoms with Crippen LogP contribution >= 0.6 is 0 Å². The number of aromatic nitrogens is 1. The Kier molecular flexibility index (Phi) is 3.70. The van der Waals surface area contributed by atoms with Crippen molar-refractivity contribution in [3.05, 3.63) is 11.8 Å². The topological polar surface area (TPSA) is 81.2 Å². The van der Waals surface area contributed by atoms with Gasteiger partial charge in [-0.1, -0.05) is 32.9 Å². The summed E-state index contributed by atoms with van der Waals surface area (Å²) in [6.07, 6.45) is 0.593. The van der Waals surface area contributed by atoms with Crippen LogP contribution < -0.4 is 11.1 Å². The van der Waals surface area contributed by atoms with Gasteiger partial charge in [-0.2, -0.15) is 0 Å². The zero-order chi connectivity index (χ0) is 12.3. The van der Waals surface area contributed by atoms with Gasteiger partial charge in [-0.15, -0.1) is 0 Å².